The molecule has 0 aromatic heterocycles. The van der Waals surface area contributed by atoms with Gasteiger partial charge in [-0.25, -0.2) is 14.4 Å². The van der Waals surface area contributed by atoms with Crippen molar-refractivity contribution in [1.29, 1.82) is 0 Å². The van der Waals surface area contributed by atoms with Gasteiger partial charge in [-0.05, 0) is 120 Å². The molecular weight excluding hydrogens is 999 g/mol. The van der Waals surface area contributed by atoms with E-state index < -0.39 is 102 Å². The number of unbranched alkanes of at least 4 members (excludes halogenated alkanes) is 1. The van der Waals surface area contributed by atoms with Crippen LogP contribution in [0.2, 0.25) is 0 Å². The summed E-state index contributed by atoms with van der Waals surface area (Å²) >= 11 is 0. The second-order valence-electron chi connectivity index (χ2n) is 21.4. The number of ether oxygens (including phenoxy) is 9. The Morgan fingerprint density at radius 3 is 2.25 bits per heavy atom. The standard InChI is InChI=1S/C58H87NO18/c1-11-72-56(66)73-29-17-18-30-74-57(67)76-46-27-24-42(33-49(46)70-9)32-39(5)48-34-43(60)25-22-38(4)50(61)52(71-10)51(62)40(6)31-36(2)19-13-12-14-20-37(3)47(69-8)35-44-26-23-41(7)58(68,77-44)53(63)54(64)59-28-16-15-21-45(59)55(65)75-48/h11-14,19-20,22,36,39-42,44-50,52,61,68H,1,15-18,21,23-35H2,2-10H3/b14-12+,19-13+,37-20+,38-22+/t36-,39-,40-,41-,42+,44+,45+,46-,47+,48+,49-,50-,52-,58-/m1/s1. The maximum atomic E-state index is 14.5. The Hall–Kier alpha value is -5.05. The van der Waals surface area contributed by atoms with E-state index in [1.54, 1.807) is 34.0 Å². The molecule has 3 heterocycles. The molecule has 0 radical (unpaired) electrons. The Morgan fingerprint density at radius 2 is 1.57 bits per heavy atom. The Kier molecular flexibility index (Phi) is 26.9. The number of carbonyl (C=O) groups excluding carboxylic acids is 7. The number of amides is 1. The summed E-state index contributed by atoms with van der Waals surface area (Å²) in [4.78, 5) is 96.0. The number of rotatable bonds is 13. The van der Waals surface area contributed by atoms with Crippen molar-refractivity contribution in [3.8, 4) is 0 Å². The molecule has 1 aliphatic carbocycles. The van der Waals surface area contributed by atoms with Crippen molar-refractivity contribution in [3.63, 3.8) is 0 Å². The zero-order chi connectivity index (χ0) is 56.8. The fraction of sp³-hybridized carbons (Fsp3) is 0.707. The quantitative estimate of drug-likeness (QED) is 0.0441. The van der Waals surface area contributed by atoms with Crippen LogP contribution in [0.5, 0.6) is 0 Å². The van der Waals surface area contributed by atoms with Crippen molar-refractivity contribution in [3.05, 3.63) is 60.4 Å². The average molecular weight is 1090 g/mol. The largest absolute Gasteiger partial charge is 0.513 e. The van der Waals surface area contributed by atoms with Gasteiger partial charge in [0.25, 0.3) is 11.7 Å². The summed E-state index contributed by atoms with van der Waals surface area (Å²) in [5, 5.41) is 23.4. The number of cyclic esters (lactones) is 1. The Bertz CT molecular complexity index is 2120. The normalized spacial score (nSPS) is 34.6. The van der Waals surface area contributed by atoms with Gasteiger partial charge in [-0.3, -0.25) is 19.2 Å². The van der Waals surface area contributed by atoms with Crippen molar-refractivity contribution in [1.82, 2.24) is 4.90 Å². The number of nitrogens with zero attached hydrogens (tertiary/aromatic N) is 1. The Balaban J connectivity index is 1.58. The van der Waals surface area contributed by atoms with Gasteiger partial charge in [-0.2, -0.15) is 0 Å². The summed E-state index contributed by atoms with van der Waals surface area (Å²) in [7, 11) is 4.44. The molecule has 19 heteroatoms. The molecule has 4 rings (SSSR count). The van der Waals surface area contributed by atoms with Crippen molar-refractivity contribution in [2.45, 2.75) is 192 Å². The Morgan fingerprint density at radius 1 is 0.857 bits per heavy atom. The minimum atomic E-state index is -2.47. The van der Waals surface area contributed by atoms with Crippen LogP contribution in [-0.2, 0) is 66.6 Å². The monoisotopic (exact) mass is 1090 g/mol. The third-order valence-corrected chi connectivity index (χ3v) is 15.5. The molecule has 19 nitrogen and oxygen atoms in total. The van der Waals surface area contributed by atoms with Gasteiger partial charge in [0.1, 0.15) is 36.2 Å². The number of ketones is 3. The van der Waals surface area contributed by atoms with E-state index in [-0.39, 0.29) is 62.4 Å². The van der Waals surface area contributed by atoms with E-state index in [4.69, 9.17) is 37.9 Å². The third-order valence-electron chi connectivity index (χ3n) is 15.5. The summed E-state index contributed by atoms with van der Waals surface area (Å²) in [6.45, 7) is 14.3. The van der Waals surface area contributed by atoms with E-state index in [9.17, 15) is 43.8 Å². The fourth-order valence-electron chi connectivity index (χ4n) is 10.7. The highest BCUT2D eigenvalue weighted by molar-refractivity contribution is 6.39. The Labute approximate surface area is 455 Å². The van der Waals surface area contributed by atoms with Gasteiger partial charge in [0.2, 0.25) is 5.79 Å². The lowest BCUT2D eigenvalue weighted by atomic mass is 9.78. The summed E-state index contributed by atoms with van der Waals surface area (Å²) in [5.41, 5.74) is 1.21. The van der Waals surface area contributed by atoms with E-state index in [1.807, 2.05) is 51.2 Å². The van der Waals surface area contributed by atoms with E-state index >= 15 is 0 Å². The van der Waals surface area contributed by atoms with Gasteiger partial charge in [0.05, 0.1) is 37.8 Å². The van der Waals surface area contributed by atoms with Gasteiger partial charge in [0, 0.05) is 59.0 Å². The van der Waals surface area contributed by atoms with E-state index in [2.05, 4.69) is 11.3 Å². The second kappa shape index (κ2) is 32.1. The molecule has 2 bridgehead atoms. The van der Waals surface area contributed by atoms with Crippen LogP contribution in [0, 0.1) is 29.6 Å². The number of allylic oxidation sites excluding steroid dienone is 6. The van der Waals surface area contributed by atoms with Gasteiger partial charge in [-0.15, -0.1) is 0 Å². The van der Waals surface area contributed by atoms with Crippen molar-refractivity contribution >= 4 is 41.5 Å². The zero-order valence-corrected chi connectivity index (χ0v) is 46.9. The smallest absolute Gasteiger partial charge is 0.460 e. The number of piperidine rings is 1. The summed E-state index contributed by atoms with van der Waals surface area (Å²) in [6.07, 6.45) is 9.80. The first-order valence-electron chi connectivity index (χ1n) is 27.4. The maximum absolute atomic E-state index is 14.5. The third kappa shape index (κ3) is 19.4. The number of aliphatic hydroxyl groups is 2. The van der Waals surface area contributed by atoms with Crippen LogP contribution in [-0.4, -0.2) is 152 Å². The van der Waals surface area contributed by atoms with Crippen LogP contribution in [0.25, 0.3) is 0 Å². The first kappa shape index (κ1) is 64.5. The lowest BCUT2D eigenvalue weighted by Gasteiger charge is -2.42. The highest BCUT2D eigenvalue weighted by atomic mass is 16.7. The van der Waals surface area contributed by atoms with Gasteiger partial charge in [0.15, 0.2) is 5.78 Å². The predicted molar refractivity (Wildman–Crippen MR) is 283 cm³/mol. The molecule has 77 heavy (non-hydrogen) atoms. The lowest BCUT2D eigenvalue weighted by Crippen LogP contribution is -2.61. The topological polar surface area (TPSA) is 246 Å². The summed E-state index contributed by atoms with van der Waals surface area (Å²) < 4.78 is 49.9. The molecule has 2 N–H and O–H groups in total. The van der Waals surface area contributed by atoms with Gasteiger partial charge < -0.3 is 57.7 Å². The minimum Gasteiger partial charge on any atom is -0.460 e. The highest BCUT2D eigenvalue weighted by Crippen LogP contribution is 2.38. The molecule has 3 fully saturated rings. The number of carbonyl (C=O) groups is 7. The zero-order valence-electron chi connectivity index (χ0n) is 46.9. The van der Waals surface area contributed by atoms with E-state index in [1.165, 1.54) is 14.2 Å². The van der Waals surface area contributed by atoms with Crippen LogP contribution < -0.4 is 0 Å². The summed E-state index contributed by atoms with van der Waals surface area (Å²) in [6, 6.07) is -1.20. The molecule has 0 aromatic carbocycles. The number of esters is 1. The molecule has 2 saturated heterocycles. The first-order valence-corrected chi connectivity index (χ1v) is 27.4. The predicted octanol–water partition coefficient (Wildman–Crippen LogP) is 8.17. The van der Waals surface area contributed by atoms with Gasteiger partial charge >= 0.3 is 18.3 Å². The average Bonchev–Trinajstić information content (AvgIpc) is 3.40. The fourth-order valence-corrected chi connectivity index (χ4v) is 10.7. The van der Waals surface area contributed by atoms with E-state index in [0.29, 0.717) is 82.6 Å². The molecule has 0 unspecified atom stereocenters. The number of Topliss-reactive ketones (excluding diaryl/α,β-unsaturated/α-hetero) is 3. The molecule has 0 spiro atoms. The van der Waals surface area contributed by atoms with Crippen molar-refractivity contribution in [2.75, 3.05) is 41.1 Å². The molecule has 14 atom stereocenters. The van der Waals surface area contributed by atoms with E-state index in [0.717, 1.165) is 16.7 Å². The SMILES string of the molecule is C=COC(=O)OCCCCOC(=O)O[C@@H]1CC[C@@H](C[C@@H](C)[C@@H]2CC(=O)C/C=C(\C)[C@@H](O)[C@@H](OC)C(=O)[C@H](C)C[C@H](C)/C=C/C=C/C=C(\C)[C@@H](OC)C[C@@H]3CC[C@@H](C)[C@@](O)(O3)C(=O)C(=O)N3CCCC[C@H]3C(=O)O2)C[C@H]1OC. The van der Waals surface area contributed by atoms with Crippen LogP contribution in [0.15, 0.2) is 60.4 Å². The molecule has 1 saturated carbocycles. The molecule has 0 aromatic rings. The number of aliphatic hydroxyl groups excluding tert-OH is 1. The minimum absolute atomic E-state index is 0.00527. The number of hydrogen-bond donors (Lipinski definition) is 2. The highest BCUT2D eigenvalue weighted by Gasteiger charge is 2.53. The number of hydrogen-bond acceptors (Lipinski definition) is 18. The second-order valence-corrected chi connectivity index (χ2v) is 21.4. The maximum Gasteiger partial charge on any atom is 0.513 e. The molecule has 4 aliphatic rings. The van der Waals surface area contributed by atoms with Crippen LogP contribution >= 0.6 is 0 Å². The molecule has 1 amide bonds. The number of methoxy groups -OCH3 is 3. The molecular formula is C58H87NO18. The van der Waals surface area contributed by atoms with Gasteiger partial charge in [-0.1, -0.05) is 70.7 Å². The van der Waals surface area contributed by atoms with Crippen molar-refractivity contribution < 1.29 is 86.4 Å². The molecule has 432 valence electrons. The van der Waals surface area contributed by atoms with Crippen LogP contribution in [0.4, 0.5) is 9.59 Å². The van der Waals surface area contributed by atoms with Crippen LogP contribution in [0.1, 0.15) is 138 Å². The lowest BCUT2D eigenvalue weighted by molar-refractivity contribution is -0.265. The van der Waals surface area contributed by atoms with Crippen molar-refractivity contribution in [2.24, 2.45) is 29.6 Å². The molecule has 3 aliphatic heterocycles. The number of fused-ring (bicyclic) bond motifs is 3. The summed E-state index contributed by atoms with van der Waals surface area (Å²) in [5.74, 6) is -7.77. The van der Waals surface area contributed by atoms with Crippen LogP contribution in [0.3, 0.4) is 0 Å². The first-order chi connectivity index (χ1) is 36.7.